The molecule has 0 aliphatic carbocycles. The number of aliphatic carboxylic acids is 1. The molecule has 23 heavy (non-hydrogen) atoms. The minimum Gasteiger partial charge on any atom is -0.481 e. The van der Waals surface area contributed by atoms with E-state index in [2.05, 4.69) is 5.32 Å². The van der Waals surface area contributed by atoms with Crippen molar-refractivity contribution < 1.29 is 19.8 Å². The number of aliphatic hydroxyl groups excluding tert-OH is 1. The first-order valence-corrected chi connectivity index (χ1v) is 7.88. The van der Waals surface area contributed by atoms with Crippen LogP contribution >= 0.6 is 0 Å². The third-order valence-electron chi connectivity index (χ3n) is 4.04. The van der Waals surface area contributed by atoms with Gasteiger partial charge in [0.1, 0.15) is 6.17 Å². The van der Waals surface area contributed by atoms with E-state index in [9.17, 15) is 14.7 Å². The molecule has 1 aromatic carbocycles. The van der Waals surface area contributed by atoms with Crippen LogP contribution in [0.3, 0.4) is 0 Å². The first-order chi connectivity index (χ1) is 10.9. The summed E-state index contributed by atoms with van der Waals surface area (Å²) in [5, 5.41) is 22.3. The minimum absolute atomic E-state index is 0.116. The first-order valence-electron chi connectivity index (χ1n) is 7.88. The van der Waals surface area contributed by atoms with Crippen molar-refractivity contribution in [3.63, 3.8) is 0 Å². The maximum Gasteiger partial charge on any atom is 0.306 e. The molecule has 1 heterocycles. The van der Waals surface area contributed by atoms with Gasteiger partial charge in [0, 0.05) is 6.04 Å². The highest BCUT2D eigenvalue weighted by atomic mass is 16.4. The van der Waals surface area contributed by atoms with E-state index in [0.717, 1.165) is 5.56 Å². The third-order valence-corrected chi connectivity index (χ3v) is 4.04. The fourth-order valence-corrected chi connectivity index (χ4v) is 3.07. The van der Waals surface area contributed by atoms with Crippen LogP contribution in [0.5, 0.6) is 0 Å². The van der Waals surface area contributed by atoms with Gasteiger partial charge >= 0.3 is 5.97 Å². The number of rotatable bonds is 7. The van der Waals surface area contributed by atoms with Crippen LogP contribution < -0.4 is 5.32 Å². The smallest absolute Gasteiger partial charge is 0.306 e. The molecular weight excluding hydrogens is 296 g/mol. The van der Waals surface area contributed by atoms with Crippen LogP contribution in [0.2, 0.25) is 0 Å². The molecule has 3 atom stereocenters. The summed E-state index contributed by atoms with van der Waals surface area (Å²) >= 11 is 0. The lowest BCUT2D eigenvalue weighted by molar-refractivity contribution is -0.140. The molecule has 1 fully saturated rings. The van der Waals surface area contributed by atoms with Gasteiger partial charge in [-0.25, -0.2) is 0 Å². The number of carboxylic acids is 1. The highest BCUT2D eigenvalue weighted by Crippen LogP contribution is 2.29. The molecule has 1 saturated heterocycles. The van der Waals surface area contributed by atoms with Crippen molar-refractivity contribution in [1.82, 2.24) is 10.2 Å². The van der Waals surface area contributed by atoms with Gasteiger partial charge in [-0.2, -0.15) is 0 Å². The van der Waals surface area contributed by atoms with Crippen molar-refractivity contribution in [2.45, 2.75) is 45.0 Å². The van der Waals surface area contributed by atoms with E-state index in [1.54, 1.807) is 0 Å². The summed E-state index contributed by atoms with van der Waals surface area (Å²) in [4.78, 5) is 24.8. The monoisotopic (exact) mass is 320 g/mol. The van der Waals surface area contributed by atoms with Crippen LogP contribution in [-0.2, 0) is 9.59 Å². The number of nitrogens with one attached hydrogen (secondary N) is 1. The molecule has 0 aromatic heterocycles. The number of carbonyl (C=O) groups excluding carboxylic acids is 1. The van der Waals surface area contributed by atoms with Gasteiger partial charge < -0.3 is 15.5 Å². The Morgan fingerprint density at radius 2 is 2.00 bits per heavy atom. The zero-order valence-electron chi connectivity index (χ0n) is 13.5. The highest BCUT2D eigenvalue weighted by Gasteiger charge is 2.39. The maximum atomic E-state index is 11.9. The Hall–Kier alpha value is -1.92. The fraction of sp³-hybridized carbons (Fsp3) is 0.529. The molecule has 1 aliphatic heterocycles. The van der Waals surface area contributed by atoms with Gasteiger partial charge in [-0.15, -0.1) is 0 Å². The SMILES string of the molecule is CC(C)CC(C(O)CC(=O)O)N1CC(=O)NC1c1ccccc1. The van der Waals surface area contributed by atoms with E-state index in [1.807, 2.05) is 49.1 Å². The van der Waals surface area contributed by atoms with E-state index < -0.39 is 18.1 Å². The van der Waals surface area contributed by atoms with Crippen molar-refractivity contribution in [1.29, 1.82) is 0 Å². The fourth-order valence-electron chi connectivity index (χ4n) is 3.07. The number of carbonyl (C=O) groups is 2. The molecule has 6 nitrogen and oxygen atoms in total. The quantitative estimate of drug-likeness (QED) is 0.706. The predicted octanol–water partition coefficient (Wildman–Crippen LogP) is 1.37. The molecule has 0 spiro atoms. The second-order valence-electron chi connectivity index (χ2n) is 6.42. The maximum absolute atomic E-state index is 11.9. The molecule has 1 aromatic rings. The van der Waals surface area contributed by atoms with Crippen molar-refractivity contribution >= 4 is 11.9 Å². The Balaban J connectivity index is 2.27. The van der Waals surface area contributed by atoms with Gasteiger partial charge in [0.25, 0.3) is 0 Å². The third kappa shape index (κ3) is 4.53. The summed E-state index contributed by atoms with van der Waals surface area (Å²) in [6.45, 7) is 4.19. The van der Waals surface area contributed by atoms with Gasteiger partial charge in [-0.05, 0) is 17.9 Å². The van der Waals surface area contributed by atoms with Crippen LogP contribution in [0.15, 0.2) is 30.3 Å². The number of hydrogen-bond acceptors (Lipinski definition) is 4. The molecule has 3 N–H and O–H groups in total. The Morgan fingerprint density at radius 1 is 1.35 bits per heavy atom. The number of benzene rings is 1. The number of carboxylic acid groups (broad SMARTS) is 1. The van der Waals surface area contributed by atoms with Crippen molar-refractivity contribution in [3.05, 3.63) is 35.9 Å². The lowest BCUT2D eigenvalue weighted by Crippen LogP contribution is -2.46. The molecule has 126 valence electrons. The molecule has 0 radical (unpaired) electrons. The summed E-state index contributed by atoms with van der Waals surface area (Å²) in [5.74, 6) is -0.883. The zero-order chi connectivity index (χ0) is 17.0. The summed E-state index contributed by atoms with van der Waals surface area (Å²) < 4.78 is 0. The molecule has 3 unspecified atom stereocenters. The number of hydrogen-bond donors (Lipinski definition) is 3. The van der Waals surface area contributed by atoms with Crippen molar-refractivity contribution in [3.8, 4) is 0 Å². The van der Waals surface area contributed by atoms with E-state index in [4.69, 9.17) is 5.11 Å². The highest BCUT2D eigenvalue weighted by molar-refractivity contribution is 5.80. The average molecular weight is 320 g/mol. The largest absolute Gasteiger partial charge is 0.481 e. The Kier molecular flexibility index (Phi) is 5.74. The van der Waals surface area contributed by atoms with Crippen LogP contribution in [0, 0.1) is 5.92 Å². The van der Waals surface area contributed by atoms with Crippen LogP contribution in [0.1, 0.15) is 38.4 Å². The topological polar surface area (TPSA) is 89.9 Å². The number of aliphatic hydroxyl groups is 1. The normalized spacial score (nSPS) is 21.2. The van der Waals surface area contributed by atoms with Gasteiger partial charge in [-0.3, -0.25) is 14.5 Å². The predicted molar refractivity (Wildman–Crippen MR) is 85.5 cm³/mol. The van der Waals surface area contributed by atoms with Crippen molar-refractivity contribution in [2.75, 3.05) is 6.54 Å². The number of nitrogens with zero attached hydrogens (tertiary/aromatic N) is 1. The van der Waals surface area contributed by atoms with Gasteiger partial charge in [0.05, 0.1) is 19.1 Å². The van der Waals surface area contributed by atoms with Crippen LogP contribution in [0.4, 0.5) is 0 Å². The lowest BCUT2D eigenvalue weighted by atomic mass is 9.95. The van der Waals surface area contributed by atoms with Crippen LogP contribution in [0.25, 0.3) is 0 Å². The van der Waals surface area contributed by atoms with Gasteiger partial charge in [0.15, 0.2) is 0 Å². The first kappa shape index (κ1) is 17.4. The standard InChI is InChI=1S/C17H24N2O4/c1-11(2)8-13(14(20)9-16(22)23)19-10-15(21)18-17(19)12-6-4-3-5-7-12/h3-7,11,13-14,17,20H,8-10H2,1-2H3,(H,18,21)(H,22,23). The Labute approximate surface area is 136 Å². The van der Waals surface area contributed by atoms with Gasteiger partial charge in [0.2, 0.25) is 5.91 Å². The average Bonchev–Trinajstić information content (AvgIpc) is 2.86. The molecule has 6 heteroatoms. The molecule has 0 saturated carbocycles. The van der Waals surface area contributed by atoms with E-state index in [-0.39, 0.29) is 31.0 Å². The van der Waals surface area contributed by atoms with E-state index in [0.29, 0.717) is 6.42 Å². The Morgan fingerprint density at radius 3 is 2.57 bits per heavy atom. The second-order valence-corrected chi connectivity index (χ2v) is 6.42. The van der Waals surface area contributed by atoms with Crippen LogP contribution in [-0.4, -0.2) is 45.7 Å². The molecule has 1 aliphatic rings. The molecular formula is C17H24N2O4. The molecule has 2 rings (SSSR count). The summed E-state index contributed by atoms with van der Waals surface area (Å²) in [7, 11) is 0. The minimum atomic E-state index is -1.04. The summed E-state index contributed by atoms with van der Waals surface area (Å²) in [5.41, 5.74) is 0.926. The van der Waals surface area contributed by atoms with Gasteiger partial charge in [-0.1, -0.05) is 44.2 Å². The van der Waals surface area contributed by atoms with Crippen molar-refractivity contribution in [2.24, 2.45) is 5.92 Å². The Bertz CT molecular complexity index is 547. The number of amides is 1. The lowest BCUT2D eigenvalue weighted by Gasteiger charge is -2.35. The summed E-state index contributed by atoms with van der Waals surface area (Å²) in [6.07, 6.45) is -1.07. The van der Waals surface area contributed by atoms with E-state index in [1.165, 1.54) is 0 Å². The zero-order valence-corrected chi connectivity index (χ0v) is 13.5. The van der Waals surface area contributed by atoms with E-state index >= 15 is 0 Å². The molecule has 0 bridgehead atoms. The second kappa shape index (κ2) is 7.57. The summed E-state index contributed by atoms with van der Waals surface area (Å²) in [6, 6.07) is 9.12. The molecule has 1 amide bonds.